The number of anilines is 3. The fourth-order valence-corrected chi connectivity index (χ4v) is 3.60. The predicted molar refractivity (Wildman–Crippen MR) is 164 cm³/mol. The number of rotatable bonds is 6. The first-order valence-corrected chi connectivity index (χ1v) is 13.5. The summed E-state index contributed by atoms with van der Waals surface area (Å²) in [7, 11) is 0. The molecule has 0 saturated carbocycles. The van der Waals surface area contributed by atoms with Crippen LogP contribution in [-0.2, 0) is 11.3 Å². The molecule has 0 aliphatic carbocycles. The molecule has 0 atom stereocenters. The van der Waals surface area contributed by atoms with Gasteiger partial charge in [0.15, 0.2) is 11.6 Å². The number of nitrogens with zero attached hydrogens (tertiary/aromatic N) is 5. The molecule has 0 aliphatic heterocycles. The normalized spacial score (nSPS) is 10.6. The van der Waals surface area contributed by atoms with Gasteiger partial charge in [-0.2, -0.15) is 9.78 Å². The van der Waals surface area contributed by atoms with E-state index in [1.807, 2.05) is 43.5 Å². The topological polar surface area (TPSA) is 170 Å². The zero-order valence-electron chi connectivity index (χ0n) is 24.6. The molecule has 2 aromatic carbocycles. The number of para-hydroxylation sites is 1. The Hall–Kier alpha value is -5.92. The Morgan fingerprint density at radius 2 is 1.64 bits per heavy atom. The van der Waals surface area contributed by atoms with E-state index in [0.717, 1.165) is 28.3 Å². The van der Waals surface area contributed by atoms with Gasteiger partial charge in [-0.15, -0.1) is 5.10 Å². The van der Waals surface area contributed by atoms with Crippen molar-refractivity contribution in [1.29, 1.82) is 0 Å². The van der Waals surface area contributed by atoms with Crippen molar-refractivity contribution < 1.29 is 23.9 Å². The van der Waals surface area contributed by atoms with Crippen LogP contribution >= 0.6 is 0 Å². The molecule has 5 rings (SSSR count). The molecule has 0 fully saturated rings. The number of aryl methyl sites for hydroxylation is 1. The summed E-state index contributed by atoms with van der Waals surface area (Å²) < 4.78 is 13.3. The Morgan fingerprint density at radius 1 is 0.886 bits per heavy atom. The van der Waals surface area contributed by atoms with Gasteiger partial charge in [0.1, 0.15) is 17.2 Å². The number of nitrogens with one attached hydrogen (secondary N) is 4. The maximum absolute atomic E-state index is 11.8. The number of imidazole rings is 1. The number of ether oxygens (including phenoxy) is 2. The van der Waals surface area contributed by atoms with E-state index in [-0.39, 0.29) is 11.8 Å². The summed E-state index contributed by atoms with van der Waals surface area (Å²) in [6, 6.07) is 19.1. The summed E-state index contributed by atoms with van der Waals surface area (Å²) in [4.78, 5) is 39.4. The Morgan fingerprint density at radius 3 is 2.27 bits per heavy atom. The molecule has 4 N–H and O–H groups in total. The average Bonchev–Trinajstić information content (AvgIpc) is 3.74. The molecule has 228 valence electrons. The molecular weight excluding hydrogens is 566 g/mol. The van der Waals surface area contributed by atoms with Crippen LogP contribution < -0.4 is 20.7 Å². The number of aromatic amines is 1. The number of aromatic nitrogens is 6. The lowest BCUT2D eigenvalue weighted by Crippen LogP contribution is -2.27. The van der Waals surface area contributed by atoms with Gasteiger partial charge in [-0.05, 0) is 57.5 Å². The summed E-state index contributed by atoms with van der Waals surface area (Å²) in [5.41, 5.74) is 1.24. The van der Waals surface area contributed by atoms with Gasteiger partial charge in [0.05, 0.1) is 0 Å². The molecule has 3 amide bonds. The molecule has 3 heterocycles. The van der Waals surface area contributed by atoms with Gasteiger partial charge in [0.25, 0.3) is 0 Å². The predicted octanol–water partition coefficient (Wildman–Crippen LogP) is 5.88. The highest BCUT2D eigenvalue weighted by molar-refractivity contribution is 5.99. The largest absolute Gasteiger partial charge is 0.442 e. The Balaban J connectivity index is 0.000000201. The highest BCUT2D eigenvalue weighted by Gasteiger charge is 2.19. The van der Waals surface area contributed by atoms with E-state index in [9.17, 15) is 14.4 Å². The van der Waals surface area contributed by atoms with E-state index in [1.165, 1.54) is 12.3 Å². The van der Waals surface area contributed by atoms with Crippen molar-refractivity contribution in [3.63, 3.8) is 0 Å². The zero-order chi connectivity index (χ0) is 31.5. The van der Waals surface area contributed by atoms with Crippen LogP contribution in [-0.4, -0.2) is 53.3 Å². The van der Waals surface area contributed by atoms with Crippen LogP contribution in [0.25, 0.3) is 0 Å². The van der Waals surface area contributed by atoms with Crippen molar-refractivity contribution in [2.45, 2.75) is 39.8 Å². The molecule has 0 saturated heterocycles. The minimum absolute atomic E-state index is 0.187. The minimum Gasteiger partial charge on any atom is -0.442 e. The van der Waals surface area contributed by atoms with E-state index in [0.29, 0.717) is 11.6 Å². The first-order valence-electron chi connectivity index (χ1n) is 13.5. The van der Waals surface area contributed by atoms with Crippen LogP contribution in [0.1, 0.15) is 32.2 Å². The molecule has 0 radical (unpaired) electrons. The summed E-state index contributed by atoms with van der Waals surface area (Å²) >= 11 is 0. The second-order valence-corrected chi connectivity index (χ2v) is 10.3. The quantitative estimate of drug-likeness (QED) is 0.187. The molecular formula is C30H33N9O5. The fraction of sp³-hybridized carbons (Fsp3) is 0.200. The van der Waals surface area contributed by atoms with Crippen LogP contribution in [0.15, 0.2) is 91.5 Å². The van der Waals surface area contributed by atoms with E-state index in [1.54, 1.807) is 63.5 Å². The monoisotopic (exact) mass is 599 g/mol. The highest BCUT2D eigenvalue weighted by atomic mass is 16.6. The molecule has 3 aromatic heterocycles. The Labute approximate surface area is 253 Å². The molecule has 5 aromatic rings. The maximum Gasteiger partial charge on any atom is 0.435 e. The molecule has 0 aliphatic rings. The fourth-order valence-electron chi connectivity index (χ4n) is 3.60. The standard InChI is InChI=1S/C15H16N6O.C15H17N3O4/c1-11-16-8-9-21(11)10-12-2-4-13(5-3-12)18-15(22)19-14-6-7-17-20-14;1-15(2,3)22-14(20)18-10-9-12(17-18)16-13(19)21-11-7-5-4-6-8-11/h2-9H,10H2,1H3,(H3,17,18,19,20,22);4-10H,1-3H3,(H,16,17,19). The van der Waals surface area contributed by atoms with Gasteiger partial charge in [-0.25, -0.2) is 19.4 Å². The second-order valence-electron chi connectivity index (χ2n) is 10.3. The third-order valence-electron chi connectivity index (χ3n) is 5.58. The van der Waals surface area contributed by atoms with Gasteiger partial charge < -0.3 is 19.4 Å². The summed E-state index contributed by atoms with van der Waals surface area (Å²) in [5.74, 6) is 2.05. The molecule has 0 unspecified atom stereocenters. The minimum atomic E-state index is -0.694. The van der Waals surface area contributed by atoms with E-state index in [2.05, 4.69) is 40.8 Å². The Bertz CT molecular complexity index is 1650. The molecule has 14 nitrogen and oxygen atoms in total. The number of urea groups is 1. The number of amides is 3. The maximum atomic E-state index is 11.8. The van der Waals surface area contributed by atoms with Crippen LogP contribution in [0.4, 0.5) is 31.7 Å². The van der Waals surface area contributed by atoms with Gasteiger partial charge in [-0.3, -0.25) is 15.7 Å². The number of benzene rings is 2. The molecule has 14 heteroatoms. The lowest BCUT2D eigenvalue weighted by atomic mass is 10.2. The summed E-state index contributed by atoms with van der Waals surface area (Å²) in [5, 5.41) is 18.2. The summed E-state index contributed by atoms with van der Waals surface area (Å²) in [6.07, 6.45) is 5.44. The zero-order valence-corrected chi connectivity index (χ0v) is 24.6. The van der Waals surface area contributed by atoms with Gasteiger partial charge in [0, 0.05) is 49.2 Å². The van der Waals surface area contributed by atoms with Crippen molar-refractivity contribution in [2.75, 3.05) is 16.0 Å². The van der Waals surface area contributed by atoms with Crippen LogP contribution in [0.2, 0.25) is 0 Å². The van der Waals surface area contributed by atoms with Crippen molar-refractivity contribution in [1.82, 2.24) is 29.5 Å². The molecule has 0 bridgehead atoms. The first kappa shape index (κ1) is 31.0. The number of hydrogen-bond acceptors (Lipinski definition) is 8. The molecule has 0 spiro atoms. The van der Waals surface area contributed by atoms with Crippen molar-refractivity contribution >= 4 is 35.5 Å². The SMILES string of the molecule is CC(C)(C)OC(=O)n1ccc(NC(=O)Oc2ccccc2)n1.Cc1nccn1Cc1ccc(NC(=O)Nc2cc[nH]n2)cc1. The van der Waals surface area contributed by atoms with E-state index >= 15 is 0 Å². The number of H-pyrrole nitrogens is 1. The van der Waals surface area contributed by atoms with Gasteiger partial charge in [-0.1, -0.05) is 30.3 Å². The first-order chi connectivity index (χ1) is 21.0. The lowest BCUT2D eigenvalue weighted by Gasteiger charge is -2.18. The second kappa shape index (κ2) is 14.3. The van der Waals surface area contributed by atoms with Gasteiger partial charge in [0.2, 0.25) is 0 Å². The third kappa shape index (κ3) is 9.87. The van der Waals surface area contributed by atoms with Crippen LogP contribution in [0.5, 0.6) is 5.75 Å². The average molecular weight is 600 g/mol. The number of carbonyl (C=O) groups is 3. The van der Waals surface area contributed by atoms with Crippen molar-refractivity contribution in [3.05, 3.63) is 103 Å². The number of carbonyl (C=O) groups excluding carboxylic acids is 3. The summed E-state index contributed by atoms with van der Waals surface area (Å²) in [6.45, 7) is 7.99. The van der Waals surface area contributed by atoms with E-state index < -0.39 is 17.8 Å². The third-order valence-corrected chi connectivity index (χ3v) is 5.58. The molecule has 44 heavy (non-hydrogen) atoms. The Kier molecular flexibility index (Phi) is 10.1. The van der Waals surface area contributed by atoms with E-state index in [4.69, 9.17) is 9.47 Å². The highest BCUT2D eigenvalue weighted by Crippen LogP contribution is 2.14. The lowest BCUT2D eigenvalue weighted by molar-refractivity contribution is 0.0514. The van der Waals surface area contributed by atoms with Crippen molar-refractivity contribution in [3.8, 4) is 5.75 Å². The van der Waals surface area contributed by atoms with Gasteiger partial charge >= 0.3 is 18.2 Å². The van der Waals surface area contributed by atoms with Crippen molar-refractivity contribution in [2.24, 2.45) is 0 Å². The van der Waals surface area contributed by atoms with Crippen LogP contribution in [0.3, 0.4) is 0 Å². The number of hydrogen-bond donors (Lipinski definition) is 4. The smallest absolute Gasteiger partial charge is 0.435 e. The van der Waals surface area contributed by atoms with Crippen LogP contribution in [0, 0.1) is 6.92 Å².